The Morgan fingerprint density at radius 3 is 1.84 bits per heavy atom. The molecule has 4 atom stereocenters. The van der Waals surface area contributed by atoms with Crippen molar-refractivity contribution < 1.29 is 41.6 Å². The minimum absolute atomic E-state index is 0.0182. The van der Waals surface area contributed by atoms with Crippen molar-refractivity contribution in [3.63, 3.8) is 0 Å². The van der Waals surface area contributed by atoms with Crippen molar-refractivity contribution in [1.82, 2.24) is 14.7 Å². The normalized spacial score (nSPS) is 18.3. The third kappa shape index (κ3) is 15.4. The van der Waals surface area contributed by atoms with Gasteiger partial charge in [-0.2, -0.15) is 0 Å². The lowest BCUT2D eigenvalue weighted by Crippen LogP contribution is -2.57. The van der Waals surface area contributed by atoms with Crippen LogP contribution in [0.25, 0.3) is 0 Å². The van der Waals surface area contributed by atoms with E-state index in [4.69, 9.17) is 44.1 Å². The van der Waals surface area contributed by atoms with Crippen LogP contribution in [0.3, 0.4) is 0 Å². The number of carbonyl (C=O) groups is 4. The topological polar surface area (TPSA) is 166 Å². The van der Waals surface area contributed by atoms with Gasteiger partial charge in [-0.25, -0.2) is 13.6 Å². The van der Waals surface area contributed by atoms with Gasteiger partial charge in [0.1, 0.15) is 28.6 Å². The molecule has 2 amide bonds. The molecule has 0 bridgehead atoms. The summed E-state index contributed by atoms with van der Waals surface area (Å²) in [5, 5.41) is -1.01. The average molecular weight is 937 g/mol. The summed E-state index contributed by atoms with van der Waals surface area (Å²) in [4.78, 5) is 55.6. The van der Waals surface area contributed by atoms with Gasteiger partial charge in [0.2, 0.25) is 11.8 Å². The molecule has 0 spiro atoms. The van der Waals surface area contributed by atoms with E-state index in [-0.39, 0.29) is 53.7 Å². The van der Waals surface area contributed by atoms with Gasteiger partial charge in [0.15, 0.2) is 0 Å². The van der Waals surface area contributed by atoms with Crippen molar-refractivity contribution in [3.8, 4) is 0 Å². The molecule has 5 rings (SSSR count). The van der Waals surface area contributed by atoms with Crippen LogP contribution in [0.4, 0.5) is 8.78 Å². The summed E-state index contributed by atoms with van der Waals surface area (Å²) in [6.45, 7) is 17.4. The minimum atomic E-state index is -1.72. The van der Waals surface area contributed by atoms with Crippen molar-refractivity contribution in [2.24, 2.45) is 17.4 Å². The number of nitrogens with two attached hydrogens (primary N) is 2. The first-order chi connectivity index (χ1) is 29.8. The minimum Gasteiger partial charge on any atom is -0.465 e. The van der Waals surface area contributed by atoms with Crippen LogP contribution in [-0.2, 0) is 52.5 Å². The third-order valence-electron chi connectivity index (χ3n) is 10.6. The molecule has 2 heterocycles. The van der Waals surface area contributed by atoms with E-state index in [0.29, 0.717) is 60.6 Å². The molecule has 0 aromatic heterocycles. The Morgan fingerprint density at radius 2 is 1.38 bits per heavy atom. The first-order valence-electron chi connectivity index (χ1n) is 21.1. The van der Waals surface area contributed by atoms with Crippen molar-refractivity contribution in [2.45, 2.75) is 109 Å². The Hall–Kier alpha value is -4.41. The van der Waals surface area contributed by atoms with Gasteiger partial charge in [-0.05, 0) is 114 Å². The number of carbonyl (C=O) groups excluding carboxylic acids is 4. The number of hydrogen-bond donors (Lipinski definition) is 2. The Kier molecular flexibility index (Phi) is 21.7. The highest BCUT2D eigenvalue weighted by molar-refractivity contribution is 7.86. The summed E-state index contributed by atoms with van der Waals surface area (Å²) in [7, 11) is -1.72. The molecular weight excluding hydrogens is 876 g/mol. The number of rotatable bonds is 14. The van der Waals surface area contributed by atoms with Crippen LogP contribution in [0.1, 0.15) is 78.9 Å². The van der Waals surface area contributed by atoms with Crippen LogP contribution in [0.2, 0.25) is 10.0 Å². The smallest absolute Gasteiger partial charge is 0.354 e. The zero-order valence-corrected chi connectivity index (χ0v) is 39.4. The number of esters is 2. The van der Waals surface area contributed by atoms with Crippen LogP contribution < -0.4 is 11.5 Å². The first-order valence-corrected chi connectivity index (χ1v) is 23.0. The van der Waals surface area contributed by atoms with E-state index in [1.54, 1.807) is 66.1 Å². The van der Waals surface area contributed by atoms with E-state index in [9.17, 15) is 32.2 Å². The predicted octanol–water partition coefficient (Wildman–Crippen LogP) is 7.40. The highest BCUT2D eigenvalue weighted by atomic mass is 35.5. The molecule has 0 saturated carbocycles. The number of halogens is 4. The molecule has 4 N–H and O–H groups in total. The molecule has 17 heteroatoms. The standard InChI is InChI=1S/C22H24ClFN2O4S.C16H18ClFN2O3.C8H19N/c1-2-30-22(28)19(25)16-10-11-26(13-14-8-9-18(24)17(23)12-14)21(27)20(16)31(29)15-6-4-3-5-7-15;1-2-23-16(22)15(19)11-5-6-20(14(21)8-11)9-10-3-4-13(18)12(17)7-10;1-6-9(7(2)3)8(4)5/h3-9,12,16,19-20H,2,10-11,13,25H2,1H3;3-4,7H,2,5-6,8-9,19H2,1H3;7-8H,6H2,1-5H3/b;15-11-;. The molecule has 2 fully saturated rings. The number of piperidine rings is 2. The van der Waals surface area contributed by atoms with E-state index in [1.165, 1.54) is 24.3 Å². The van der Waals surface area contributed by atoms with E-state index in [1.807, 2.05) is 0 Å². The first kappa shape index (κ1) is 52.9. The molecule has 12 nitrogen and oxygen atoms in total. The summed E-state index contributed by atoms with van der Waals surface area (Å²) < 4.78 is 49.9. The second-order valence-corrected chi connectivity index (χ2v) is 17.9. The summed E-state index contributed by atoms with van der Waals surface area (Å²) in [6, 6.07) is 17.5. The van der Waals surface area contributed by atoms with Gasteiger partial charge in [0.05, 0.1) is 40.5 Å². The Bertz CT molecular complexity index is 2070. The van der Waals surface area contributed by atoms with Gasteiger partial charge in [0, 0.05) is 49.1 Å². The number of nitrogens with zero attached hydrogens (tertiary/aromatic N) is 3. The second-order valence-electron chi connectivity index (χ2n) is 15.5. The molecule has 3 aromatic rings. The van der Waals surface area contributed by atoms with Crippen LogP contribution in [-0.4, -0.2) is 98.9 Å². The molecule has 346 valence electrons. The summed E-state index contributed by atoms with van der Waals surface area (Å²) >= 11 is 11.6. The number of ether oxygens (including phenoxy) is 2. The molecule has 2 saturated heterocycles. The number of likely N-dealkylation sites (tertiary alicyclic amines) is 2. The fraction of sp³-hybridized carbons (Fsp3) is 0.478. The molecule has 0 aliphatic carbocycles. The quantitative estimate of drug-likeness (QED) is 0.123. The lowest BCUT2D eigenvalue weighted by atomic mass is 9.88. The van der Waals surface area contributed by atoms with E-state index >= 15 is 0 Å². The van der Waals surface area contributed by atoms with Crippen LogP contribution >= 0.6 is 23.2 Å². The van der Waals surface area contributed by atoms with Crippen LogP contribution in [0, 0.1) is 17.6 Å². The Labute approximate surface area is 382 Å². The van der Waals surface area contributed by atoms with Crippen LogP contribution in [0.15, 0.2) is 82.9 Å². The third-order valence-corrected chi connectivity index (χ3v) is 12.9. The van der Waals surface area contributed by atoms with Crippen LogP contribution in [0.5, 0.6) is 0 Å². The van der Waals surface area contributed by atoms with Crippen molar-refractivity contribution in [1.29, 1.82) is 0 Å². The molecule has 2 aliphatic rings. The lowest BCUT2D eigenvalue weighted by Gasteiger charge is -2.39. The number of benzene rings is 3. The van der Waals surface area contributed by atoms with E-state index in [0.717, 1.165) is 12.1 Å². The summed E-state index contributed by atoms with van der Waals surface area (Å²) in [5.41, 5.74) is 13.9. The zero-order chi connectivity index (χ0) is 47.0. The lowest BCUT2D eigenvalue weighted by molar-refractivity contribution is -0.147. The Morgan fingerprint density at radius 1 is 0.841 bits per heavy atom. The maximum absolute atomic E-state index is 13.5. The summed E-state index contributed by atoms with van der Waals surface area (Å²) in [5.74, 6) is -3.40. The fourth-order valence-corrected chi connectivity index (χ4v) is 9.47. The molecule has 0 radical (unpaired) electrons. The van der Waals surface area contributed by atoms with Crippen molar-refractivity contribution in [3.05, 3.63) is 111 Å². The fourth-order valence-electron chi connectivity index (χ4n) is 7.39. The predicted molar refractivity (Wildman–Crippen MR) is 243 cm³/mol. The molecule has 3 aromatic carbocycles. The van der Waals surface area contributed by atoms with Gasteiger partial charge in [-0.1, -0.05) is 60.5 Å². The maximum atomic E-state index is 13.5. The second kappa shape index (κ2) is 25.8. The molecule has 63 heavy (non-hydrogen) atoms. The highest BCUT2D eigenvalue weighted by Crippen LogP contribution is 2.31. The van der Waals surface area contributed by atoms with Crippen molar-refractivity contribution in [2.75, 3.05) is 32.8 Å². The van der Waals surface area contributed by atoms with E-state index < -0.39 is 51.6 Å². The SMILES string of the molecule is CCN(C(C)C)C(C)C.CCOC(=O)/C(N)=C1\CCN(Cc2ccc(F)c(Cl)c2)C(=O)C1.CCOC(=O)C(N)C1CCN(Cc2ccc(F)c(Cl)c2)C(=O)C1S(=O)c1ccccc1. The number of amides is 2. The Balaban J connectivity index is 0.000000289. The van der Waals surface area contributed by atoms with Gasteiger partial charge in [0.25, 0.3) is 0 Å². The van der Waals surface area contributed by atoms with Gasteiger partial charge in [-0.3, -0.25) is 23.5 Å². The maximum Gasteiger partial charge on any atom is 0.354 e. The van der Waals surface area contributed by atoms with E-state index in [2.05, 4.69) is 39.5 Å². The number of hydrogen-bond acceptors (Lipinski definition) is 10. The zero-order valence-electron chi connectivity index (χ0n) is 37.1. The molecular formula is C46H61Cl2F2N5O7S. The summed E-state index contributed by atoms with van der Waals surface area (Å²) in [6.07, 6.45) is 0.967. The van der Waals surface area contributed by atoms with Gasteiger partial charge in [-0.15, -0.1) is 0 Å². The van der Waals surface area contributed by atoms with Crippen molar-refractivity contribution >= 4 is 57.8 Å². The monoisotopic (exact) mass is 935 g/mol. The largest absolute Gasteiger partial charge is 0.465 e. The van der Waals surface area contributed by atoms with Gasteiger partial charge >= 0.3 is 11.9 Å². The molecule has 4 unspecified atom stereocenters. The molecule has 2 aliphatic heterocycles. The van der Waals surface area contributed by atoms with Gasteiger partial charge < -0.3 is 30.7 Å². The highest BCUT2D eigenvalue weighted by Gasteiger charge is 2.46. The average Bonchev–Trinajstić information content (AvgIpc) is 3.25.